The number of hydrogen-bond acceptors (Lipinski definition) is 5. The van der Waals surface area contributed by atoms with Crippen LogP contribution in [0.4, 0.5) is 10.3 Å². The lowest BCUT2D eigenvalue weighted by molar-refractivity contribution is 0.222. The van der Waals surface area contributed by atoms with Crippen molar-refractivity contribution in [2.45, 2.75) is 17.3 Å². The number of fused-ring (bicyclic) bond motifs is 3. The fraction of sp³-hybridized carbons (Fsp3) is 0.120. The topological polar surface area (TPSA) is 52.0 Å². The summed E-state index contributed by atoms with van der Waals surface area (Å²) < 4.78 is 24.5. The molecule has 170 valence electrons. The van der Waals surface area contributed by atoms with Crippen LogP contribution in [0.1, 0.15) is 28.8 Å². The van der Waals surface area contributed by atoms with Gasteiger partial charge in [-0.15, -0.1) is 5.10 Å². The number of hydrogen-bond donors (Lipinski definition) is 1. The first-order valence-corrected chi connectivity index (χ1v) is 12.9. The van der Waals surface area contributed by atoms with Gasteiger partial charge in [0.1, 0.15) is 23.7 Å². The van der Waals surface area contributed by atoms with Gasteiger partial charge in [0.2, 0.25) is 11.1 Å². The highest BCUT2D eigenvalue weighted by Gasteiger charge is 2.42. The third kappa shape index (κ3) is 3.52. The highest BCUT2D eigenvalue weighted by Crippen LogP contribution is 2.51. The Morgan fingerprint density at radius 3 is 2.68 bits per heavy atom. The Labute approximate surface area is 213 Å². The number of benzene rings is 3. The van der Waals surface area contributed by atoms with Crippen LogP contribution in [0.15, 0.2) is 81.9 Å². The normalized spacial score (nSPS) is 18.5. The Hall–Kier alpha value is -2.81. The monoisotopic (exact) mass is 554 g/mol. The molecule has 0 saturated heterocycles. The van der Waals surface area contributed by atoms with Gasteiger partial charge in [-0.2, -0.15) is 4.98 Å². The molecular formula is C25H17BrClFN4OS. The Morgan fingerprint density at radius 1 is 1.12 bits per heavy atom. The first-order chi connectivity index (χ1) is 16.5. The minimum atomic E-state index is -0.568. The quantitative estimate of drug-likeness (QED) is 0.273. The van der Waals surface area contributed by atoms with Gasteiger partial charge in [0, 0.05) is 26.2 Å². The van der Waals surface area contributed by atoms with Crippen LogP contribution in [0.5, 0.6) is 5.75 Å². The molecule has 2 aliphatic heterocycles. The van der Waals surface area contributed by atoms with Crippen LogP contribution in [0.3, 0.4) is 0 Å². The van der Waals surface area contributed by atoms with E-state index < -0.39 is 12.1 Å². The second-order valence-electron chi connectivity index (χ2n) is 7.94. The summed E-state index contributed by atoms with van der Waals surface area (Å²) in [5, 5.41) is 9.32. The van der Waals surface area contributed by atoms with Crippen molar-refractivity contribution >= 4 is 50.9 Å². The van der Waals surface area contributed by atoms with Gasteiger partial charge in [0.15, 0.2) is 0 Å². The van der Waals surface area contributed by atoms with E-state index in [9.17, 15) is 0 Å². The molecule has 0 spiro atoms. The zero-order valence-corrected chi connectivity index (χ0v) is 21.0. The average molecular weight is 556 g/mol. The molecule has 2 aliphatic rings. The standard InChI is InChI=1S/C25H17BrClFN4OS/c1-34-25-30-24-29-21-17-12-15(27)10-11-19(17)33-23(13-6-8-14(26)9-7-13)20(21)22(32(24)31-25)16-4-2-3-5-18(16)28/h2-12,22-23H,1H3,(H,29,30,31)/t22-,23+/m0/s1. The molecule has 0 radical (unpaired) electrons. The number of aromatic nitrogens is 3. The maximum absolute atomic E-state index is 15.3. The molecule has 0 amide bonds. The Morgan fingerprint density at radius 2 is 1.91 bits per heavy atom. The van der Waals surface area contributed by atoms with Gasteiger partial charge in [-0.1, -0.05) is 69.6 Å². The van der Waals surface area contributed by atoms with Gasteiger partial charge in [-0.25, -0.2) is 9.07 Å². The van der Waals surface area contributed by atoms with Crippen molar-refractivity contribution in [2.75, 3.05) is 11.6 Å². The van der Waals surface area contributed by atoms with Crippen molar-refractivity contribution in [2.24, 2.45) is 0 Å². The molecule has 0 saturated carbocycles. The van der Waals surface area contributed by atoms with E-state index in [2.05, 4.69) is 26.2 Å². The molecule has 1 N–H and O–H groups in total. The lowest BCUT2D eigenvalue weighted by Crippen LogP contribution is -2.32. The van der Waals surface area contributed by atoms with E-state index >= 15 is 4.39 Å². The number of nitrogens with one attached hydrogen (secondary N) is 1. The first-order valence-electron chi connectivity index (χ1n) is 10.5. The van der Waals surface area contributed by atoms with Gasteiger partial charge in [-0.05, 0) is 48.2 Å². The first kappa shape index (κ1) is 21.7. The molecule has 2 atom stereocenters. The van der Waals surface area contributed by atoms with Crippen LogP contribution < -0.4 is 10.1 Å². The lowest BCUT2D eigenvalue weighted by Gasteiger charge is -2.39. The number of thioether (sulfide) groups is 1. The van der Waals surface area contributed by atoms with Crippen molar-refractivity contribution in [1.29, 1.82) is 0 Å². The molecule has 6 rings (SSSR count). The lowest BCUT2D eigenvalue weighted by atomic mass is 9.84. The number of rotatable bonds is 3. The molecule has 0 unspecified atom stereocenters. The molecule has 1 aromatic heterocycles. The highest BCUT2D eigenvalue weighted by atomic mass is 79.9. The van der Waals surface area contributed by atoms with Crippen LogP contribution >= 0.6 is 39.3 Å². The molecule has 3 aromatic carbocycles. The van der Waals surface area contributed by atoms with E-state index in [0.29, 0.717) is 27.4 Å². The SMILES string of the molecule is CSc1nc2n(n1)[C@@H](c1ccccc1F)C1=C(N2)c2cc(Cl)ccc2O[C@@H]1c1ccc(Br)cc1. The van der Waals surface area contributed by atoms with Crippen LogP contribution in [-0.4, -0.2) is 21.0 Å². The summed E-state index contributed by atoms with van der Waals surface area (Å²) in [5.41, 5.74) is 3.88. The van der Waals surface area contributed by atoms with Crippen LogP contribution in [0.2, 0.25) is 5.02 Å². The molecule has 0 aliphatic carbocycles. The van der Waals surface area contributed by atoms with Crippen molar-refractivity contribution in [3.05, 3.63) is 104 Å². The van der Waals surface area contributed by atoms with Crippen molar-refractivity contribution < 1.29 is 9.13 Å². The minimum absolute atomic E-state index is 0.320. The maximum atomic E-state index is 15.3. The second kappa shape index (κ2) is 8.45. The van der Waals surface area contributed by atoms with Gasteiger partial charge in [0.25, 0.3) is 0 Å². The molecule has 0 bridgehead atoms. The summed E-state index contributed by atoms with van der Waals surface area (Å²) in [4.78, 5) is 4.64. The summed E-state index contributed by atoms with van der Waals surface area (Å²) in [6.07, 6.45) is 1.43. The second-order valence-corrected chi connectivity index (χ2v) is 10.1. The molecule has 34 heavy (non-hydrogen) atoms. The summed E-state index contributed by atoms with van der Waals surface area (Å²) in [7, 11) is 0. The largest absolute Gasteiger partial charge is 0.480 e. The molecule has 0 fully saturated rings. The zero-order valence-electron chi connectivity index (χ0n) is 17.8. The third-order valence-corrected chi connectivity index (χ3v) is 7.27. The van der Waals surface area contributed by atoms with Gasteiger partial charge in [0.05, 0.1) is 5.70 Å². The maximum Gasteiger partial charge on any atom is 0.227 e. The van der Waals surface area contributed by atoms with Crippen molar-refractivity contribution in [1.82, 2.24) is 14.8 Å². The van der Waals surface area contributed by atoms with Crippen LogP contribution in [0, 0.1) is 5.82 Å². The molecular weight excluding hydrogens is 539 g/mol. The Balaban J connectivity index is 1.66. The van der Waals surface area contributed by atoms with E-state index in [0.717, 1.165) is 26.9 Å². The number of ether oxygens (including phenoxy) is 1. The van der Waals surface area contributed by atoms with Gasteiger partial charge >= 0.3 is 0 Å². The van der Waals surface area contributed by atoms with E-state index in [1.165, 1.54) is 17.8 Å². The number of anilines is 1. The molecule has 3 heterocycles. The average Bonchev–Trinajstić information content (AvgIpc) is 3.26. The summed E-state index contributed by atoms with van der Waals surface area (Å²) in [6, 6.07) is 19.7. The Bertz CT molecular complexity index is 1460. The van der Waals surface area contributed by atoms with Crippen molar-refractivity contribution in [3.8, 4) is 5.75 Å². The number of halogens is 3. The number of nitrogens with zero attached hydrogens (tertiary/aromatic N) is 3. The fourth-order valence-electron chi connectivity index (χ4n) is 4.48. The third-order valence-electron chi connectivity index (χ3n) is 5.97. The predicted octanol–water partition coefficient (Wildman–Crippen LogP) is 7.11. The predicted molar refractivity (Wildman–Crippen MR) is 136 cm³/mol. The van der Waals surface area contributed by atoms with Crippen LogP contribution in [0.25, 0.3) is 5.70 Å². The fourth-order valence-corrected chi connectivity index (χ4v) is 5.26. The molecule has 4 aromatic rings. The smallest absolute Gasteiger partial charge is 0.227 e. The summed E-state index contributed by atoms with van der Waals surface area (Å²) >= 11 is 11.3. The van der Waals surface area contributed by atoms with E-state index in [4.69, 9.17) is 21.4 Å². The van der Waals surface area contributed by atoms with Crippen molar-refractivity contribution in [3.63, 3.8) is 0 Å². The highest BCUT2D eigenvalue weighted by molar-refractivity contribution is 9.10. The minimum Gasteiger partial charge on any atom is -0.480 e. The summed E-state index contributed by atoms with van der Waals surface area (Å²) in [6.45, 7) is 0. The van der Waals surface area contributed by atoms with Gasteiger partial charge < -0.3 is 10.1 Å². The summed E-state index contributed by atoms with van der Waals surface area (Å²) in [5.74, 6) is 0.910. The molecule has 5 nitrogen and oxygen atoms in total. The molecule has 9 heteroatoms. The van der Waals surface area contributed by atoms with Gasteiger partial charge in [-0.3, -0.25) is 0 Å². The van der Waals surface area contributed by atoms with E-state index in [-0.39, 0.29) is 5.82 Å². The Kier molecular flexibility index (Phi) is 5.39. The van der Waals surface area contributed by atoms with E-state index in [1.54, 1.807) is 22.9 Å². The van der Waals surface area contributed by atoms with Crippen LogP contribution in [-0.2, 0) is 0 Å². The zero-order chi connectivity index (χ0) is 23.4. The van der Waals surface area contributed by atoms with E-state index in [1.807, 2.05) is 48.7 Å².